The van der Waals surface area contributed by atoms with Crippen LogP contribution in [0, 0.1) is 5.92 Å². The molecule has 1 atom stereocenters. The molecule has 0 saturated carbocycles. The fraction of sp³-hybridized carbons (Fsp3) is 0.588. The van der Waals surface area contributed by atoms with E-state index in [0.29, 0.717) is 0 Å². The zero-order valence-electron chi connectivity index (χ0n) is 13.6. The second-order valence-electron chi connectivity index (χ2n) is 6.52. The summed E-state index contributed by atoms with van der Waals surface area (Å²) in [5.74, 6) is 1.18. The Morgan fingerprint density at radius 1 is 1.29 bits per heavy atom. The fourth-order valence-electron chi connectivity index (χ4n) is 3.57. The van der Waals surface area contributed by atoms with Gasteiger partial charge in [0.15, 0.2) is 0 Å². The number of carbonyl (C=O) groups excluding carboxylic acids is 1. The molecule has 0 radical (unpaired) electrons. The monoisotopic (exact) mass is 346 g/mol. The van der Waals surface area contributed by atoms with Gasteiger partial charge >= 0.3 is 0 Å². The van der Waals surface area contributed by atoms with Gasteiger partial charge in [-0.2, -0.15) is 0 Å². The Hall–Kier alpha value is -1.73. The van der Waals surface area contributed by atoms with Crippen LogP contribution in [0.3, 0.4) is 0 Å². The van der Waals surface area contributed by atoms with Crippen LogP contribution in [-0.4, -0.2) is 48.2 Å². The highest BCUT2D eigenvalue weighted by atomic mass is 32.1. The van der Waals surface area contributed by atoms with Gasteiger partial charge in [0.2, 0.25) is 5.91 Å². The average molecular weight is 346 g/mol. The second kappa shape index (κ2) is 7.03. The van der Waals surface area contributed by atoms with Crippen LogP contribution in [0.25, 0.3) is 10.2 Å². The van der Waals surface area contributed by atoms with E-state index in [0.717, 1.165) is 68.0 Å². The number of rotatable bonds is 3. The second-order valence-corrected chi connectivity index (χ2v) is 7.41. The van der Waals surface area contributed by atoms with E-state index in [1.165, 1.54) is 0 Å². The Morgan fingerprint density at radius 2 is 2.17 bits per heavy atom. The van der Waals surface area contributed by atoms with E-state index in [-0.39, 0.29) is 17.9 Å². The first-order chi connectivity index (χ1) is 11.8. The van der Waals surface area contributed by atoms with Crippen LogP contribution >= 0.6 is 11.3 Å². The maximum Gasteiger partial charge on any atom is 0.225 e. The number of fused-ring (bicyclic) bond motifs is 1. The molecule has 1 unspecified atom stereocenters. The van der Waals surface area contributed by atoms with Gasteiger partial charge in [0, 0.05) is 32.3 Å². The normalized spacial score (nSPS) is 22.7. The molecular formula is C17H22N4O2S. The molecule has 2 saturated heterocycles. The van der Waals surface area contributed by atoms with Crippen molar-refractivity contribution < 1.29 is 9.53 Å². The number of piperidine rings is 1. The maximum absolute atomic E-state index is 12.6. The summed E-state index contributed by atoms with van der Waals surface area (Å²) in [7, 11) is 0. The molecule has 2 aliphatic rings. The molecule has 24 heavy (non-hydrogen) atoms. The van der Waals surface area contributed by atoms with Crippen molar-refractivity contribution in [1.29, 1.82) is 0 Å². The van der Waals surface area contributed by atoms with Crippen LogP contribution in [0.1, 0.15) is 25.7 Å². The first-order valence-electron chi connectivity index (χ1n) is 8.62. The zero-order valence-corrected chi connectivity index (χ0v) is 14.4. The first-order valence-corrected chi connectivity index (χ1v) is 9.50. The standard InChI is InChI=1S/C17H22N4O2S/c22-16(20-13-3-7-23-8-4-13)12-2-1-6-21(10-12)15-14-5-9-24-17(14)19-11-18-15/h5,9,11-13H,1-4,6-8,10H2,(H,20,22). The zero-order chi connectivity index (χ0) is 16.4. The van der Waals surface area contributed by atoms with Crippen LogP contribution in [0.4, 0.5) is 5.82 Å². The summed E-state index contributed by atoms with van der Waals surface area (Å²) in [4.78, 5) is 24.7. The summed E-state index contributed by atoms with van der Waals surface area (Å²) < 4.78 is 5.36. The molecule has 1 amide bonds. The van der Waals surface area contributed by atoms with Gasteiger partial charge in [0.1, 0.15) is 17.0 Å². The van der Waals surface area contributed by atoms with E-state index < -0.39 is 0 Å². The number of hydrogen-bond acceptors (Lipinski definition) is 6. The first kappa shape index (κ1) is 15.8. The topological polar surface area (TPSA) is 67.3 Å². The van der Waals surface area contributed by atoms with Gasteiger partial charge in [-0.25, -0.2) is 9.97 Å². The minimum atomic E-state index is 0.0326. The molecule has 2 fully saturated rings. The molecule has 128 valence electrons. The number of nitrogens with one attached hydrogen (secondary N) is 1. The molecule has 2 aliphatic heterocycles. The van der Waals surface area contributed by atoms with Gasteiger partial charge in [-0.3, -0.25) is 4.79 Å². The number of hydrogen-bond donors (Lipinski definition) is 1. The van der Waals surface area contributed by atoms with E-state index >= 15 is 0 Å². The quantitative estimate of drug-likeness (QED) is 0.923. The van der Waals surface area contributed by atoms with Crippen molar-refractivity contribution in [2.45, 2.75) is 31.7 Å². The summed E-state index contributed by atoms with van der Waals surface area (Å²) in [5, 5.41) is 6.35. The number of nitrogens with zero attached hydrogens (tertiary/aromatic N) is 3. The van der Waals surface area contributed by atoms with E-state index in [1.54, 1.807) is 17.7 Å². The third-order valence-corrected chi connectivity index (χ3v) is 5.72. The van der Waals surface area contributed by atoms with E-state index in [9.17, 15) is 4.79 Å². The van der Waals surface area contributed by atoms with Gasteiger partial charge in [0.25, 0.3) is 0 Å². The molecular weight excluding hydrogens is 324 g/mol. The highest BCUT2D eigenvalue weighted by molar-refractivity contribution is 7.16. The Kier molecular flexibility index (Phi) is 4.62. The third-order valence-electron chi connectivity index (χ3n) is 4.90. The lowest BCUT2D eigenvalue weighted by molar-refractivity contribution is -0.126. The van der Waals surface area contributed by atoms with Crippen LogP contribution < -0.4 is 10.2 Å². The largest absolute Gasteiger partial charge is 0.381 e. The molecule has 6 nitrogen and oxygen atoms in total. The molecule has 0 bridgehead atoms. The molecule has 2 aromatic heterocycles. The van der Waals surface area contributed by atoms with Crippen molar-refractivity contribution >= 4 is 33.3 Å². The lowest BCUT2D eigenvalue weighted by Crippen LogP contribution is -2.47. The van der Waals surface area contributed by atoms with Crippen molar-refractivity contribution in [2.75, 3.05) is 31.2 Å². The molecule has 0 aromatic carbocycles. The van der Waals surface area contributed by atoms with Crippen molar-refractivity contribution in [3.63, 3.8) is 0 Å². The number of carbonyl (C=O) groups is 1. The predicted molar refractivity (Wildman–Crippen MR) is 94.3 cm³/mol. The minimum Gasteiger partial charge on any atom is -0.381 e. The average Bonchev–Trinajstić information content (AvgIpc) is 3.11. The summed E-state index contributed by atoms with van der Waals surface area (Å²) >= 11 is 1.63. The van der Waals surface area contributed by atoms with E-state index in [4.69, 9.17) is 4.74 Å². The van der Waals surface area contributed by atoms with Gasteiger partial charge in [-0.1, -0.05) is 0 Å². The molecule has 7 heteroatoms. The summed E-state index contributed by atoms with van der Waals surface area (Å²) in [5.41, 5.74) is 0. The summed E-state index contributed by atoms with van der Waals surface area (Å²) in [6.07, 6.45) is 5.43. The van der Waals surface area contributed by atoms with Crippen molar-refractivity contribution in [3.8, 4) is 0 Å². The molecule has 1 N–H and O–H groups in total. The van der Waals surface area contributed by atoms with Gasteiger partial charge in [-0.15, -0.1) is 11.3 Å². The molecule has 0 aliphatic carbocycles. The van der Waals surface area contributed by atoms with Crippen LogP contribution in [-0.2, 0) is 9.53 Å². The number of aromatic nitrogens is 2. The number of thiophene rings is 1. The Balaban J connectivity index is 1.45. The minimum absolute atomic E-state index is 0.0326. The maximum atomic E-state index is 12.6. The molecule has 0 spiro atoms. The lowest BCUT2D eigenvalue weighted by atomic mass is 9.96. The molecule has 2 aromatic rings. The summed E-state index contributed by atoms with van der Waals surface area (Å²) in [6.45, 7) is 3.18. The predicted octanol–water partition coefficient (Wildman–Crippen LogP) is 2.20. The highest BCUT2D eigenvalue weighted by Crippen LogP contribution is 2.30. The highest BCUT2D eigenvalue weighted by Gasteiger charge is 2.29. The van der Waals surface area contributed by atoms with E-state index in [1.807, 2.05) is 5.38 Å². The Labute approximate surface area is 145 Å². The number of ether oxygens (including phenoxy) is 1. The van der Waals surface area contributed by atoms with Gasteiger partial charge in [-0.05, 0) is 37.1 Å². The SMILES string of the molecule is O=C(NC1CCOCC1)C1CCCN(c2ncnc3sccc23)C1. The summed E-state index contributed by atoms with van der Waals surface area (Å²) in [6, 6.07) is 2.34. The fourth-order valence-corrected chi connectivity index (χ4v) is 4.30. The number of amides is 1. The lowest BCUT2D eigenvalue weighted by Gasteiger charge is -2.34. The van der Waals surface area contributed by atoms with Crippen molar-refractivity contribution in [2.24, 2.45) is 5.92 Å². The van der Waals surface area contributed by atoms with Gasteiger partial charge < -0.3 is 15.0 Å². The van der Waals surface area contributed by atoms with E-state index in [2.05, 4.69) is 26.3 Å². The van der Waals surface area contributed by atoms with Crippen molar-refractivity contribution in [3.05, 3.63) is 17.8 Å². The van der Waals surface area contributed by atoms with Crippen LogP contribution in [0.15, 0.2) is 17.8 Å². The molecule has 4 rings (SSSR count). The Morgan fingerprint density at radius 3 is 3.04 bits per heavy atom. The number of anilines is 1. The van der Waals surface area contributed by atoms with Gasteiger partial charge in [0.05, 0.1) is 11.3 Å². The smallest absolute Gasteiger partial charge is 0.225 e. The molecule has 4 heterocycles. The Bertz CT molecular complexity index is 713. The van der Waals surface area contributed by atoms with Crippen LogP contribution in [0.2, 0.25) is 0 Å². The van der Waals surface area contributed by atoms with Crippen molar-refractivity contribution in [1.82, 2.24) is 15.3 Å². The third kappa shape index (κ3) is 3.23. The van der Waals surface area contributed by atoms with Crippen LogP contribution in [0.5, 0.6) is 0 Å².